The van der Waals surface area contributed by atoms with Gasteiger partial charge < -0.3 is 0 Å². The third-order valence-corrected chi connectivity index (χ3v) is 11.0. The Morgan fingerprint density at radius 1 is 0.525 bits per heavy atom. The average Bonchev–Trinajstić information content (AvgIpc) is 3.00. The number of hydrogen-bond acceptors (Lipinski definition) is 1. The Kier molecular flexibility index (Phi) is 13.2. The van der Waals surface area contributed by atoms with Crippen LogP contribution in [0.2, 0.25) is 0 Å². The van der Waals surface area contributed by atoms with Crippen molar-refractivity contribution in [2.45, 2.75) is 0 Å². The number of hydrogen-bond donors (Lipinski definition) is 0. The van der Waals surface area contributed by atoms with E-state index in [9.17, 15) is 0 Å². The number of nitrogens with zero attached hydrogens (tertiary/aromatic N) is 1. The molecule has 0 heterocycles. The second-order valence-electron chi connectivity index (χ2n) is 8.60. The van der Waals surface area contributed by atoms with E-state index < -0.39 is 27.2 Å². The monoisotopic (exact) mass is 658 g/mol. The number of halogens is 3. The molecular formula is C33H29Cl3CrNP2. The van der Waals surface area contributed by atoms with Crippen molar-refractivity contribution in [3.8, 4) is 0 Å². The van der Waals surface area contributed by atoms with Gasteiger partial charge >= 0.3 is 41.5 Å². The van der Waals surface area contributed by atoms with Crippen molar-refractivity contribution >= 4 is 78.7 Å². The van der Waals surface area contributed by atoms with Gasteiger partial charge in [0.05, 0.1) is 0 Å². The van der Waals surface area contributed by atoms with Crippen LogP contribution >= 0.6 is 46.0 Å². The summed E-state index contributed by atoms with van der Waals surface area (Å²) in [6, 6.07) is 52.3. The molecule has 0 aliphatic rings. The van der Waals surface area contributed by atoms with E-state index >= 15 is 0 Å². The van der Waals surface area contributed by atoms with Crippen LogP contribution in [-0.4, -0.2) is 18.9 Å². The van der Waals surface area contributed by atoms with Crippen LogP contribution in [-0.2, 0) is 11.4 Å². The molecule has 0 N–H and O–H groups in total. The Bertz CT molecular complexity index is 1360. The zero-order valence-corrected chi connectivity index (χ0v) is 27.1. The Morgan fingerprint density at radius 3 is 1.35 bits per heavy atom. The average molecular weight is 660 g/mol. The first-order valence-electron chi connectivity index (χ1n) is 12.7. The van der Waals surface area contributed by atoms with E-state index in [1.54, 1.807) is 0 Å². The van der Waals surface area contributed by atoms with Crippen molar-refractivity contribution in [1.29, 1.82) is 0 Å². The molecule has 1 nitrogen and oxygen atoms in total. The molecule has 0 saturated heterocycles. The molecule has 0 bridgehead atoms. The first-order chi connectivity index (χ1) is 19.6. The fourth-order valence-corrected chi connectivity index (χ4v) is 8.94. The Labute approximate surface area is 257 Å². The van der Waals surface area contributed by atoms with Gasteiger partial charge in [-0.2, -0.15) is 0 Å². The minimum atomic E-state index is -1.62. The Hall–Kier alpha value is -1.97. The molecular weight excluding hydrogens is 631 g/mol. The molecule has 203 valence electrons. The van der Waals surface area contributed by atoms with Crippen molar-refractivity contribution in [3.05, 3.63) is 151 Å². The topological polar surface area (TPSA) is 12.4 Å². The van der Waals surface area contributed by atoms with Gasteiger partial charge in [0.1, 0.15) is 0 Å². The van der Waals surface area contributed by atoms with Crippen LogP contribution in [0.5, 0.6) is 0 Å². The molecule has 0 aromatic heterocycles. The van der Waals surface area contributed by atoms with E-state index in [-0.39, 0.29) is 0 Å². The molecule has 5 aromatic carbocycles. The van der Waals surface area contributed by atoms with Crippen LogP contribution in [0.15, 0.2) is 151 Å². The summed E-state index contributed by atoms with van der Waals surface area (Å²) in [6.45, 7) is 0.804. The van der Waals surface area contributed by atoms with Gasteiger partial charge in [0.25, 0.3) is 0 Å². The third-order valence-electron chi connectivity index (χ3n) is 6.03. The Morgan fingerprint density at radius 2 is 0.900 bits per heavy atom. The summed E-state index contributed by atoms with van der Waals surface area (Å²) in [5.74, 6) is 0. The fourth-order valence-electron chi connectivity index (χ4n) is 4.33. The van der Waals surface area contributed by atoms with E-state index in [1.165, 1.54) is 32.1 Å². The summed E-state index contributed by atoms with van der Waals surface area (Å²) in [6.07, 6.45) is 3.13. The predicted molar refractivity (Wildman–Crippen MR) is 179 cm³/mol. The molecule has 0 amide bonds. The van der Waals surface area contributed by atoms with Gasteiger partial charge in [0.15, 0.2) is 0 Å². The number of aliphatic imine (C=N–C) groups is 1. The van der Waals surface area contributed by atoms with Crippen molar-refractivity contribution < 1.29 is 11.4 Å². The number of rotatable bonds is 9. The molecule has 0 aliphatic heterocycles. The second kappa shape index (κ2) is 17.1. The molecule has 5 rings (SSSR count). The van der Waals surface area contributed by atoms with E-state index in [0.717, 1.165) is 12.7 Å². The quantitative estimate of drug-likeness (QED) is 0.112. The van der Waals surface area contributed by atoms with Crippen LogP contribution in [0.4, 0.5) is 0 Å². The van der Waals surface area contributed by atoms with Gasteiger partial charge in [-0.1, -0.05) is 146 Å². The fraction of sp³-hybridized carbons (Fsp3) is 0.0606. The van der Waals surface area contributed by atoms with Crippen molar-refractivity contribution in [2.75, 3.05) is 12.7 Å². The molecule has 0 atom stereocenters. The molecule has 0 saturated carbocycles. The van der Waals surface area contributed by atoms with Gasteiger partial charge in [0, 0.05) is 18.3 Å². The second-order valence-corrected chi connectivity index (χ2v) is 19.4. The molecule has 7 heteroatoms. The van der Waals surface area contributed by atoms with Crippen LogP contribution < -0.4 is 26.5 Å². The molecule has 0 spiro atoms. The van der Waals surface area contributed by atoms with Crippen LogP contribution in [0.3, 0.4) is 0 Å². The SMILES string of the molecule is C(=NCCP(c1ccccc1)c1ccccc1)c1ccccc1P(c1ccccc1)c1ccccc1.[Cl][Cr]([Cl])[Cl]. The third kappa shape index (κ3) is 9.55. The number of benzene rings is 5. The normalized spacial score (nSPS) is 11.2. The van der Waals surface area contributed by atoms with Gasteiger partial charge in [-0.15, -0.1) is 0 Å². The first-order valence-corrected chi connectivity index (χ1v) is 20.9. The molecule has 0 radical (unpaired) electrons. The van der Waals surface area contributed by atoms with Crippen LogP contribution in [0.1, 0.15) is 5.56 Å². The maximum atomic E-state index is 4.96. The van der Waals surface area contributed by atoms with E-state index in [2.05, 4.69) is 152 Å². The molecule has 40 heavy (non-hydrogen) atoms. The zero-order valence-electron chi connectivity index (χ0n) is 21.7. The van der Waals surface area contributed by atoms with E-state index in [1.807, 2.05) is 0 Å². The van der Waals surface area contributed by atoms with Gasteiger partial charge in [-0.05, 0) is 48.5 Å². The predicted octanol–water partition coefficient (Wildman–Crippen LogP) is 8.06. The summed E-state index contributed by atoms with van der Waals surface area (Å²) >= 11 is -1.62. The summed E-state index contributed by atoms with van der Waals surface area (Å²) in [5, 5.41) is 6.88. The van der Waals surface area contributed by atoms with Crippen molar-refractivity contribution in [1.82, 2.24) is 0 Å². The first kappa shape index (κ1) is 31.0. The molecule has 0 fully saturated rings. The van der Waals surface area contributed by atoms with Gasteiger partial charge in [-0.3, -0.25) is 4.99 Å². The molecule has 5 aromatic rings. The summed E-state index contributed by atoms with van der Waals surface area (Å²) in [5.41, 5.74) is 1.21. The van der Waals surface area contributed by atoms with Gasteiger partial charge in [0.2, 0.25) is 0 Å². The molecule has 0 unspecified atom stereocenters. The summed E-state index contributed by atoms with van der Waals surface area (Å²) < 4.78 is 0. The van der Waals surface area contributed by atoms with Crippen LogP contribution in [0.25, 0.3) is 0 Å². The van der Waals surface area contributed by atoms with Gasteiger partial charge in [-0.25, -0.2) is 0 Å². The van der Waals surface area contributed by atoms with Crippen molar-refractivity contribution in [2.24, 2.45) is 4.99 Å². The standard InChI is InChI=1S/C33H29NP2.3ClH.Cr/c1-5-16-29(17-6-1)35(30-18-7-2-8-19-30)26-25-34-27-28-15-13-14-24-33(28)36(31-20-9-3-10-21-31)32-22-11-4-12-23-32;;;;/h1-24,27H,25-26H2;3*1H;/q;;;;+3/p-3. The summed E-state index contributed by atoms with van der Waals surface area (Å²) in [4.78, 5) is 4.96. The van der Waals surface area contributed by atoms with Crippen molar-refractivity contribution in [3.63, 3.8) is 0 Å². The molecule has 0 aliphatic carbocycles. The Balaban J connectivity index is 0.000000867. The maximum absolute atomic E-state index is 4.96. The minimum absolute atomic E-state index is 0.433. The van der Waals surface area contributed by atoms with Crippen LogP contribution in [0, 0.1) is 0 Å². The van der Waals surface area contributed by atoms with E-state index in [0.29, 0.717) is 0 Å². The van der Waals surface area contributed by atoms with E-state index in [4.69, 9.17) is 35.1 Å². The summed E-state index contributed by atoms with van der Waals surface area (Å²) in [7, 11) is 13.7. The zero-order chi connectivity index (χ0) is 28.0.